The number of fused-ring (bicyclic) bond motifs is 1. The van der Waals surface area contributed by atoms with E-state index < -0.39 is 53.8 Å². The van der Waals surface area contributed by atoms with Crippen molar-refractivity contribution < 1.29 is 29.0 Å². The molecule has 5 rings (SSSR count). The maximum absolute atomic E-state index is 13.4. The van der Waals surface area contributed by atoms with Crippen LogP contribution in [0.5, 0.6) is 0 Å². The Balaban J connectivity index is 1.87. The van der Waals surface area contributed by atoms with Gasteiger partial charge in [0, 0.05) is 11.8 Å². The molecule has 2 bridgehead atoms. The molecule has 0 heterocycles. The number of carboxylic acids is 1. The van der Waals surface area contributed by atoms with Crippen LogP contribution in [-0.4, -0.2) is 35.2 Å². The molecular formula is C25H24O6. The summed E-state index contributed by atoms with van der Waals surface area (Å²) in [5.41, 5.74) is 2.95. The lowest BCUT2D eigenvalue weighted by Crippen LogP contribution is -2.49. The van der Waals surface area contributed by atoms with Crippen LogP contribution in [0.25, 0.3) is 0 Å². The Labute approximate surface area is 180 Å². The van der Waals surface area contributed by atoms with Gasteiger partial charge in [0.05, 0.1) is 11.8 Å². The van der Waals surface area contributed by atoms with Gasteiger partial charge in [-0.25, -0.2) is 4.79 Å². The van der Waals surface area contributed by atoms with Crippen molar-refractivity contribution in [2.45, 2.75) is 31.3 Å². The van der Waals surface area contributed by atoms with Crippen LogP contribution in [0.2, 0.25) is 0 Å². The monoisotopic (exact) mass is 420 g/mol. The second-order valence-electron chi connectivity index (χ2n) is 8.49. The Morgan fingerprint density at radius 2 is 1.32 bits per heavy atom. The summed E-state index contributed by atoms with van der Waals surface area (Å²) in [6.07, 6.45) is 1.53. The summed E-state index contributed by atoms with van der Waals surface area (Å²) in [5, 5.41) is 8.99. The first kappa shape index (κ1) is 20.8. The molecule has 2 atom stereocenters. The van der Waals surface area contributed by atoms with Crippen molar-refractivity contribution in [3.8, 4) is 0 Å². The molecule has 6 heteroatoms. The third-order valence-corrected chi connectivity index (χ3v) is 6.17. The fourth-order valence-electron chi connectivity index (χ4n) is 4.84. The van der Waals surface area contributed by atoms with Crippen LogP contribution in [-0.2, 0) is 23.9 Å². The molecule has 0 saturated heterocycles. The fourth-order valence-corrected chi connectivity index (χ4v) is 4.84. The van der Waals surface area contributed by atoms with Crippen LogP contribution < -0.4 is 0 Å². The summed E-state index contributed by atoms with van der Waals surface area (Å²) in [4.78, 5) is 37.6. The lowest BCUT2D eigenvalue weighted by atomic mass is 9.54. The van der Waals surface area contributed by atoms with E-state index >= 15 is 0 Å². The largest absolute Gasteiger partial charge is 0.479 e. The number of carboxylic acid groups (broad SMARTS) is 1. The maximum Gasteiger partial charge on any atom is 0.341 e. The molecule has 2 unspecified atom stereocenters. The highest BCUT2D eigenvalue weighted by Crippen LogP contribution is 2.59. The van der Waals surface area contributed by atoms with Crippen molar-refractivity contribution in [1.29, 1.82) is 0 Å². The molecule has 3 aliphatic rings. The molecule has 2 aromatic rings. The lowest BCUT2D eigenvalue weighted by molar-refractivity contribution is -0.170. The second kappa shape index (κ2) is 7.69. The number of carbonyl (C=O) groups is 3. The van der Waals surface area contributed by atoms with Gasteiger partial charge in [0.25, 0.3) is 0 Å². The third-order valence-electron chi connectivity index (χ3n) is 6.17. The van der Waals surface area contributed by atoms with Crippen LogP contribution >= 0.6 is 0 Å². The van der Waals surface area contributed by atoms with Gasteiger partial charge in [0.1, 0.15) is 5.60 Å². The number of hydrogen-bond donors (Lipinski definition) is 1. The molecule has 0 fully saturated rings. The molecule has 0 saturated carbocycles. The van der Waals surface area contributed by atoms with Crippen molar-refractivity contribution >= 4 is 17.9 Å². The topological polar surface area (TPSA) is 89.9 Å². The van der Waals surface area contributed by atoms with Crippen LogP contribution in [0.15, 0.2) is 61.2 Å². The van der Waals surface area contributed by atoms with Gasteiger partial charge < -0.3 is 14.6 Å². The normalized spacial score (nSPS) is 23.3. The summed E-state index contributed by atoms with van der Waals surface area (Å²) >= 11 is 0. The van der Waals surface area contributed by atoms with Gasteiger partial charge in [-0.1, -0.05) is 55.1 Å². The molecule has 3 aliphatic carbocycles. The fraction of sp³-hybridized carbons (Fsp3) is 0.320. The zero-order valence-corrected chi connectivity index (χ0v) is 17.4. The first-order valence-corrected chi connectivity index (χ1v) is 10.2. The Morgan fingerprint density at radius 1 is 0.903 bits per heavy atom. The molecule has 2 aromatic carbocycles. The van der Waals surface area contributed by atoms with Gasteiger partial charge in [0.2, 0.25) is 0 Å². The van der Waals surface area contributed by atoms with Gasteiger partial charge in [-0.05, 0) is 42.2 Å². The van der Waals surface area contributed by atoms with E-state index in [9.17, 15) is 14.4 Å². The van der Waals surface area contributed by atoms with E-state index in [1.807, 2.05) is 48.5 Å². The highest BCUT2D eigenvalue weighted by atomic mass is 16.6. The third kappa shape index (κ3) is 3.52. The molecule has 160 valence electrons. The molecule has 0 radical (unpaired) electrons. The van der Waals surface area contributed by atoms with Crippen LogP contribution in [0, 0.1) is 11.8 Å². The number of hydrogen-bond acceptors (Lipinski definition) is 5. The van der Waals surface area contributed by atoms with Crippen molar-refractivity contribution in [1.82, 2.24) is 0 Å². The van der Waals surface area contributed by atoms with Gasteiger partial charge in [-0.2, -0.15) is 0 Å². The van der Waals surface area contributed by atoms with E-state index in [0.29, 0.717) is 0 Å². The Hall–Kier alpha value is -3.41. The molecule has 31 heavy (non-hydrogen) atoms. The average Bonchev–Trinajstić information content (AvgIpc) is 2.76. The zero-order valence-electron chi connectivity index (χ0n) is 17.4. The first-order chi connectivity index (χ1) is 14.7. The minimum absolute atomic E-state index is 0.395. The number of aliphatic carboxylic acids is 1. The summed E-state index contributed by atoms with van der Waals surface area (Å²) in [6, 6.07) is 15.5. The quantitative estimate of drug-likeness (QED) is 0.567. The number of benzene rings is 2. The number of esters is 2. The smallest absolute Gasteiger partial charge is 0.341 e. The van der Waals surface area contributed by atoms with Crippen molar-refractivity contribution in [2.75, 3.05) is 6.61 Å². The molecule has 0 amide bonds. The van der Waals surface area contributed by atoms with Gasteiger partial charge in [-0.3, -0.25) is 9.59 Å². The highest BCUT2D eigenvalue weighted by Gasteiger charge is 2.56. The summed E-state index contributed by atoms with van der Waals surface area (Å²) in [6.45, 7) is 6.41. The predicted octanol–water partition coefficient (Wildman–Crippen LogP) is 3.65. The molecule has 0 spiro atoms. The first-order valence-electron chi connectivity index (χ1n) is 10.2. The van der Waals surface area contributed by atoms with E-state index in [2.05, 4.69) is 6.58 Å². The Morgan fingerprint density at radius 3 is 1.71 bits per heavy atom. The van der Waals surface area contributed by atoms with E-state index in [4.69, 9.17) is 14.6 Å². The molecule has 0 aromatic heterocycles. The van der Waals surface area contributed by atoms with Gasteiger partial charge in [0.15, 0.2) is 6.61 Å². The van der Waals surface area contributed by atoms with E-state index in [1.54, 1.807) is 13.8 Å². The number of rotatable bonds is 6. The van der Waals surface area contributed by atoms with Crippen molar-refractivity contribution in [2.24, 2.45) is 11.8 Å². The summed E-state index contributed by atoms with van der Waals surface area (Å²) in [5.74, 6) is -5.03. The van der Waals surface area contributed by atoms with Crippen LogP contribution in [0.4, 0.5) is 0 Å². The van der Waals surface area contributed by atoms with Gasteiger partial charge >= 0.3 is 17.9 Å². The van der Waals surface area contributed by atoms with E-state index in [-0.39, 0.29) is 0 Å². The predicted molar refractivity (Wildman–Crippen MR) is 113 cm³/mol. The zero-order chi connectivity index (χ0) is 22.3. The second-order valence-corrected chi connectivity index (χ2v) is 8.49. The Bertz CT molecular complexity index is 1020. The minimum Gasteiger partial charge on any atom is -0.479 e. The molecular weight excluding hydrogens is 396 g/mol. The summed E-state index contributed by atoms with van der Waals surface area (Å²) < 4.78 is 10.8. The molecule has 0 aliphatic heterocycles. The molecule has 1 N–H and O–H groups in total. The van der Waals surface area contributed by atoms with Crippen molar-refractivity contribution in [3.63, 3.8) is 0 Å². The standard InChI is InChI=1S/C25H24O6/c1-4-25(2,3)31-24(29)22-20-16-11-7-5-9-14(16)19(15-10-6-8-12-17(15)20)21(22)23(28)30-13-18(26)27/h4-12,19-22H,1,13H2,2-3H3,(H,26,27). The SMILES string of the molecule is C=CC(C)(C)OC(=O)C1C2c3ccccc3C(c3ccccc32)C1C(=O)OCC(=O)O. The number of ether oxygens (including phenoxy) is 2. The van der Waals surface area contributed by atoms with E-state index in [0.717, 1.165) is 22.3 Å². The Kier molecular flexibility index (Phi) is 5.17. The highest BCUT2D eigenvalue weighted by molar-refractivity contribution is 5.88. The van der Waals surface area contributed by atoms with E-state index in [1.165, 1.54) is 6.08 Å². The molecule has 6 nitrogen and oxygen atoms in total. The van der Waals surface area contributed by atoms with Crippen LogP contribution in [0.3, 0.4) is 0 Å². The minimum atomic E-state index is -1.25. The lowest BCUT2D eigenvalue weighted by Gasteiger charge is -2.48. The summed E-state index contributed by atoms with van der Waals surface area (Å²) in [7, 11) is 0. The van der Waals surface area contributed by atoms with Crippen LogP contribution in [0.1, 0.15) is 47.9 Å². The van der Waals surface area contributed by atoms with Gasteiger partial charge in [-0.15, -0.1) is 0 Å². The number of carbonyl (C=O) groups excluding carboxylic acids is 2. The van der Waals surface area contributed by atoms with Crippen molar-refractivity contribution in [3.05, 3.63) is 83.4 Å². The average molecular weight is 420 g/mol. The maximum atomic E-state index is 13.4.